The Hall–Kier alpha value is -1.94. The molecule has 3 nitrogen and oxygen atoms in total. The number of carbonyl (C=O) groups is 1. The van der Waals surface area contributed by atoms with Gasteiger partial charge in [0.25, 0.3) is 0 Å². The van der Waals surface area contributed by atoms with Crippen LogP contribution in [0.4, 0.5) is 0 Å². The van der Waals surface area contributed by atoms with Gasteiger partial charge in [0.1, 0.15) is 5.82 Å². The Morgan fingerprint density at radius 2 is 1.90 bits per heavy atom. The van der Waals surface area contributed by atoms with Gasteiger partial charge in [-0.15, -0.1) is 0 Å². The fourth-order valence-electron chi connectivity index (χ4n) is 2.41. The number of Topliss-reactive ketones (excluding diaryl/α,β-unsaturated/α-hetero) is 1. The summed E-state index contributed by atoms with van der Waals surface area (Å²) >= 11 is 3.38. The summed E-state index contributed by atoms with van der Waals surface area (Å²) in [5.74, 6) is 0.955. The molecule has 0 aromatic heterocycles. The average Bonchev–Trinajstić information content (AvgIpc) is 2.77. The molecule has 1 aromatic rings. The van der Waals surface area contributed by atoms with Crippen LogP contribution in [0.3, 0.4) is 0 Å². The topological polar surface area (TPSA) is 34.9 Å². The van der Waals surface area contributed by atoms with E-state index in [1.165, 1.54) is 5.56 Å². The van der Waals surface area contributed by atoms with Crippen molar-refractivity contribution in [3.63, 3.8) is 0 Å². The molecule has 1 aromatic carbocycles. The van der Waals surface area contributed by atoms with Crippen molar-refractivity contribution in [1.29, 1.82) is 0 Å². The van der Waals surface area contributed by atoms with Crippen molar-refractivity contribution in [3.8, 4) is 11.4 Å². The second-order valence-corrected chi connectivity index (χ2v) is 6.04. The summed E-state index contributed by atoms with van der Waals surface area (Å²) < 4.78 is 2.89. The molecule has 2 heterocycles. The molecular formula is C17H15BrN2O. The van der Waals surface area contributed by atoms with Gasteiger partial charge in [0.15, 0.2) is 5.78 Å². The van der Waals surface area contributed by atoms with Crippen molar-refractivity contribution in [1.82, 2.24) is 9.55 Å². The lowest BCUT2D eigenvalue weighted by Gasteiger charge is -2.11. The lowest BCUT2D eigenvalue weighted by Crippen LogP contribution is -2.12. The van der Waals surface area contributed by atoms with Crippen LogP contribution >= 0.6 is 15.9 Å². The molecule has 21 heavy (non-hydrogen) atoms. The van der Waals surface area contributed by atoms with Crippen LogP contribution in [0.1, 0.15) is 21.6 Å². The van der Waals surface area contributed by atoms with Gasteiger partial charge in [-0.1, -0.05) is 28.1 Å². The van der Waals surface area contributed by atoms with E-state index in [4.69, 9.17) is 0 Å². The predicted molar refractivity (Wildman–Crippen MR) is 86.8 cm³/mol. The SMILES string of the molecule is Cc1nc2n(CC(=O)c3ccc(Br)cc3)cccc-2c1C. The molecule has 0 spiro atoms. The zero-order valence-electron chi connectivity index (χ0n) is 11.9. The Labute approximate surface area is 132 Å². The minimum atomic E-state index is 0.0818. The summed E-state index contributed by atoms with van der Waals surface area (Å²) in [5.41, 5.74) is 4.01. The van der Waals surface area contributed by atoms with Crippen molar-refractivity contribution in [2.45, 2.75) is 20.4 Å². The molecule has 0 unspecified atom stereocenters. The number of ketones is 1. The summed E-state index contributed by atoms with van der Waals surface area (Å²) in [7, 11) is 0. The van der Waals surface area contributed by atoms with Crippen LogP contribution in [0.2, 0.25) is 0 Å². The summed E-state index contributed by atoms with van der Waals surface area (Å²) in [6, 6.07) is 11.4. The summed E-state index contributed by atoms with van der Waals surface area (Å²) in [6.45, 7) is 4.36. The molecule has 3 rings (SSSR count). The van der Waals surface area contributed by atoms with E-state index in [1.54, 1.807) is 0 Å². The standard InChI is InChI=1S/C17H15BrN2O/c1-11-12(2)19-17-15(11)4-3-9-20(17)10-16(21)13-5-7-14(18)8-6-13/h3-9H,10H2,1-2H3. The molecule has 2 aliphatic rings. The lowest BCUT2D eigenvalue weighted by molar-refractivity contribution is 0.0972. The summed E-state index contributed by atoms with van der Waals surface area (Å²) in [4.78, 5) is 17.0. The van der Waals surface area contributed by atoms with Gasteiger partial charge < -0.3 is 4.57 Å². The van der Waals surface area contributed by atoms with Gasteiger partial charge >= 0.3 is 0 Å². The van der Waals surface area contributed by atoms with Crippen LogP contribution < -0.4 is 0 Å². The van der Waals surface area contributed by atoms with Crippen molar-refractivity contribution < 1.29 is 4.79 Å². The van der Waals surface area contributed by atoms with Crippen LogP contribution in [0.15, 0.2) is 47.1 Å². The van der Waals surface area contributed by atoms with E-state index in [0.717, 1.165) is 21.6 Å². The molecule has 0 fully saturated rings. The van der Waals surface area contributed by atoms with E-state index >= 15 is 0 Å². The second kappa shape index (κ2) is 5.45. The zero-order valence-corrected chi connectivity index (χ0v) is 13.5. The highest BCUT2D eigenvalue weighted by molar-refractivity contribution is 9.10. The maximum atomic E-state index is 12.4. The Morgan fingerprint density at radius 3 is 2.62 bits per heavy atom. The van der Waals surface area contributed by atoms with Crippen LogP contribution in [-0.2, 0) is 6.54 Å². The van der Waals surface area contributed by atoms with E-state index in [2.05, 4.69) is 27.8 Å². The Morgan fingerprint density at radius 1 is 1.19 bits per heavy atom. The number of pyridine rings is 1. The molecule has 0 atom stereocenters. The van der Waals surface area contributed by atoms with Crippen LogP contribution in [0.5, 0.6) is 0 Å². The third-order valence-electron chi connectivity index (χ3n) is 3.74. The number of carbonyl (C=O) groups excluding carboxylic acids is 1. The number of aromatic nitrogens is 2. The van der Waals surface area contributed by atoms with E-state index in [0.29, 0.717) is 12.1 Å². The first-order chi connectivity index (χ1) is 10.1. The maximum Gasteiger partial charge on any atom is 0.182 e. The highest BCUT2D eigenvalue weighted by Crippen LogP contribution is 2.27. The van der Waals surface area contributed by atoms with Gasteiger partial charge in [-0.05, 0) is 43.7 Å². The quantitative estimate of drug-likeness (QED) is 0.667. The van der Waals surface area contributed by atoms with Gasteiger partial charge in [0, 0.05) is 27.5 Å². The van der Waals surface area contributed by atoms with Crippen LogP contribution in [0.25, 0.3) is 11.4 Å². The van der Waals surface area contributed by atoms with Crippen molar-refractivity contribution >= 4 is 21.7 Å². The summed E-state index contributed by atoms with van der Waals surface area (Å²) in [5, 5.41) is 0. The number of nitrogens with zero attached hydrogens (tertiary/aromatic N) is 2. The second-order valence-electron chi connectivity index (χ2n) is 5.13. The Balaban J connectivity index is 1.92. The predicted octanol–water partition coefficient (Wildman–Crippen LogP) is 4.25. The average molecular weight is 343 g/mol. The molecule has 0 amide bonds. The molecule has 0 aliphatic carbocycles. The molecule has 2 aliphatic heterocycles. The highest BCUT2D eigenvalue weighted by Gasteiger charge is 2.16. The molecule has 0 bridgehead atoms. The number of hydrogen-bond donors (Lipinski definition) is 0. The minimum Gasteiger partial charge on any atom is -0.325 e. The van der Waals surface area contributed by atoms with Gasteiger partial charge in [0.05, 0.1) is 6.54 Å². The maximum absolute atomic E-state index is 12.4. The van der Waals surface area contributed by atoms with Gasteiger partial charge in [0.2, 0.25) is 0 Å². The van der Waals surface area contributed by atoms with Gasteiger partial charge in [-0.25, -0.2) is 4.98 Å². The molecule has 0 N–H and O–H groups in total. The molecule has 0 saturated carbocycles. The fourth-order valence-corrected chi connectivity index (χ4v) is 2.67. The first-order valence-electron chi connectivity index (χ1n) is 6.77. The van der Waals surface area contributed by atoms with Crippen molar-refractivity contribution in [3.05, 3.63) is 63.9 Å². The number of benzene rings is 1. The molecular weight excluding hydrogens is 328 g/mol. The lowest BCUT2D eigenvalue weighted by atomic mass is 10.1. The first kappa shape index (κ1) is 14.0. The van der Waals surface area contributed by atoms with Crippen molar-refractivity contribution in [2.75, 3.05) is 0 Å². The molecule has 106 valence electrons. The monoisotopic (exact) mass is 342 g/mol. The molecule has 0 saturated heterocycles. The molecule has 0 radical (unpaired) electrons. The largest absolute Gasteiger partial charge is 0.325 e. The summed E-state index contributed by atoms with van der Waals surface area (Å²) in [6.07, 6.45) is 1.91. The smallest absolute Gasteiger partial charge is 0.182 e. The third kappa shape index (κ3) is 2.63. The Kier molecular flexibility index (Phi) is 3.64. The first-order valence-corrected chi connectivity index (χ1v) is 7.56. The number of fused-ring (bicyclic) bond motifs is 1. The normalized spacial score (nSPS) is 11.0. The van der Waals surface area contributed by atoms with Gasteiger partial charge in [-0.3, -0.25) is 4.79 Å². The van der Waals surface area contributed by atoms with Crippen molar-refractivity contribution in [2.24, 2.45) is 0 Å². The van der Waals surface area contributed by atoms with Crippen LogP contribution in [0, 0.1) is 13.8 Å². The zero-order chi connectivity index (χ0) is 15.0. The number of hydrogen-bond acceptors (Lipinski definition) is 2. The minimum absolute atomic E-state index is 0.0818. The third-order valence-corrected chi connectivity index (χ3v) is 4.27. The van der Waals surface area contributed by atoms with E-state index in [9.17, 15) is 4.79 Å². The number of aryl methyl sites for hydroxylation is 1. The van der Waals surface area contributed by atoms with Crippen LogP contribution in [-0.4, -0.2) is 15.3 Å². The highest BCUT2D eigenvalue weighted by atomic mass is 79.9. The van der Waals surface area contributed by atoms with Gasteiger partial charge in [-0.2, -0.15) is 0 Å². The fraction of sp³-hybridized carbons (Fsp3) is 0.176. The number of halogens is 1. The van der Waals surface area contributed by atoms with E-state index in [-0.39, 0.29) is 5.78 Å². The van der Waals surface area contributed by atoms with E-state index in [1.807, 2.05) is 54.1 Å². The molecule has 4 heteroatoms. The number of rotatable bonds is 3. The van der Waals surface area contributed by atoms with E-state index < -0.39 is 0 Å². The Bertz CT molecular complexity index is 774.